The van der Waals surface area contributed by atoms with Crippen LogP contribution in [0.5, 0.6) is 0 Å². The van der Waals surface area contributed by atoms with Crippen molar-refractivity contribution in [3.63, 3.8) is 0 Å². The van der Waals surface area contributed by atoms with E-state index in [4.69, 9.17) is 10.5 Å². The smallest absolute Gasteiger partial charge is 0.361 e. The fourth-order valence-electron chi connectivity index (χ4n) is 0.920. The van der Waals surface area contributed by atoms with E-state index in [2.05, 4.69) is 10.2 Å². The summed E-state index contributed by atoms with van der Waals surface area (Å²) in [6.45, 7) is 7.12. The van der Waals surface area contributed by atoms with E-state index in [0.717, 1.165) is 0 Å². The third kappa shape index (κ3) is 2.25. The number of nitrogens with two attached hydrogens (primary N) is 1. The summed E-state index contributed by atoms with van der Waals surface area (Å²) in [5.74, 6) is -0.501. The van der Waals surface area contributed by atoms with Gasteiger partial charge in [0.05, 0.1) is 11.4 Å². The van der Waals surface area contributed by atoms with Crippen LogP contribution < -0.4 is 5.73 Å². The van der Waals surface area contributed by atoms with E-state index < -0.39 is 11.6 Å². The van der Waals surface area contributed by atoms with Gasteiger partial charge in [0, 0.05) is 0 Å². The molecule has 1 aromatic rings. The number of nitrogens with one attached hydrogen (secondary N) is 1. The van der Waals surface area contributed by atoms with Gasteiger partial charge in [-0.25, -0.2) is 4.79 Å². The minimum atomic E-state index is -0.531. The predicted molar refractivity (Wildman–Crippen MR) is 52.9 cm³/mol. The van der Waals surface area contributed by atoms with E-state index in [9.17, 15) is 4.79 Å². The average molecular weight is 197 g/mol. The van der Waals surface area contributed by atoms with Gasteiger partial charge in [-0.2, -0.15) is 5.10 Å². The SMILES string of the molecule is Cc1[nH]nc(C(=O)OC(C)(C)C)c1N. The van der Waals surface area contributed by atoms with Crippen molar-refractivity contribution in [1.82, 2.24) is 10.2 Å². The number of carbonyl (C=O) groups is 1. The second-order valence-corrected chi connectivity index (χ2v) is 4.11. The zero-order valence-electron chi connectivity index (χ0n) is 8.84. The van der Waals surface area contributed by atoms with E-state index in [-0.39, 0.29) is 5.69 Å². The number of hydrogen-bond acceptors (Lipinski definition) is 4. The number of hydrogen-bond donors (Lipinski definition) is 2. The van der Waals surface area contributed by atoms with Crippen LogP contribution in [0.4, 0.5) is 5.69 Å². The number of rotatable bonds is 1. The van der Waals surface area contributed by atoms with E-state index in [1.54, 1.807) is 27.7 Å². The number of nitrogen functional groups attached to an aromatic ring is 1. The number of esters is 1. The summed E-state index contributed by atoms with van der Waals surface area (Å²) in [7, 11) is 0. The zero-order valence-corrected chi connectivity index (χ0v) is 8.84. The maximum atomic E-state index is 11.5. The van der Waals surface area contributed by atoms with Crippen molar-refractivity contribution < 1.29 is 9.53 Å². The number of anilines is 1. The molecule has 0 atom stereocenters. The van der Waals surface area contributed by atoms with Gasteiger partial charge in [0.1, 0.15) is 5.60 Å². The lowest BCUT2D eigenvalue weighted by Crippen LogP contribution is -2.24. The Morgan fingerprint density at radius 3 is 2.43 bits per heavy atom. The van der Waals surface area contributed by atoms with Crippen molar-refractivity contribution >= 4 is 11.7 Å². The van der Waals surface area contributed by atoms with Gasteiger partial charge in [-0.1, -0.05) is 0 Å². The number of ether oxygens (including phenoxy) is 1. The molecule has 1 heterocycles. The molecule has 5 heteroatoms. The second-order valence-electron chi connectivity index (χ2n) is 4.11. The molecule has 0 radical (unpaired) electrons. The van der Waals surface area contributed by atoms with E-state index >= 15 is 0 Å². The third-order valence-electron chi connectivity index (χ3n) is 1.59. The van der Waals surface area contributed by atoms with Gasteiger partial charge < -0.3 is 10.5 Å². The minimum Gasteiger partial charge on any atom is -0.455 e. The summed E-state index contributed by atoms with van der Waals surface area (Å²) >= 11 is 0. The van der Waals surface area contributed by atoms with Gasteiger partial charge >= 0.3 is 5.97 Å². The molecule has 0 aliphatic heterocycles. The summed E-state index contributed by atoms with van der Waals surface area (Å²) in [6.07, 6.45) is 0. The Labute approximate surface area is 82.6 Å². The Hall–Kier alpha value is -1.52. The highest BCUT2D eigenvalue weighted by Crippen LogP contribution is 2.17. The summed E-state index contributed by atoms with van der Waals surface area (Å²) in [5.41, 5.74) is 6.27. The quantitative estimate of drug-likeness (QED) is 0.664. The average Bonchev–Trinajstić information content (AvgIpc) is 2.29. The van der Waals surface area contributed by atoms with Crippen LogP contribution in [-0.4, -0.2) is 21.8 Å². The first-order valence-electron chi connectivity index (χ1n) is 4.35. The lowest BCUT2D eigenvalue weighted by atomic mass is 10.2. The molecule has 0 amide bonds. The monoisotopic (exact) mass is 197 g/mol. The number of aryl methyl sites for hydroxylation is 1. The summed E-state index contributed by atoms with van der Waals surface area (Å²) in [4.78, 5) is 11.5. The molecule has 0 unspecified atom stereocenters. The maximum Gasteiger partial charge on any atom is 0.361 e. The highest BCUT2D eigenvalue weighted by atomic mass is 16.6. The maximum absolute atomic E-state index is 11.5. The van der Waals surface area contributed by atoms with Crippen molar-refractivity contribution in [3.8, 4) is 0 Å². The molecular weight excluding hydrogens is 182 g/mol. The van der Waals surface area contributed by atoms with Gasteiger partial charge in [0.15, 0.2) is 5.69 Å². The lowest BCUT2D eigenvalue weighted by Gasteiger charge is -2.18. The summed E-state index contributed by atoms with van der Waals surface area (Å²) in [5, 5.41) is 6.40. The standard InChI is InChI=1S/C9H15N3O2/c1-5-6(10)7(12-11-5)8(13)14-9(2,3)4/h10H2,1-4H3,(H,11,12). The van der Waals surface area contributed by atoms with Crippen LogP contribution >= 0.6 is 0 Å². The van der Waals surface area contributed by atoms with Crippen LogP contribution in [-0.2, 0) is 4.74 Å². The Morgan fingerprint density at radius 1 is 1.50 bits per heavy atom. The molecule has 0 spiro atoms. The topological polar surface area (TPSA) is 81.0 Å². The van der Waals surface area contributed by atoms with Gasteiger partial charge in [0.25, 0.3) is 0 Å². The summed E-state index contributed by atoms with van der Waals surface area (Å²) < 4.78 is 5.12. The Balaban J connectivity index is 2.86. The molecule has 14 heavy (non-hydrogen) atoms. The lowest BCUT2D eigenvalue weighted by molar-refractivity contribution is 0.00641. The highest BCUT2D eigenvalue weighted by Gasteiger charge is 2.22. The first kappa shape index (κ1) is 10.6. The fourth-order valence-corrected chi connectivity index (χ4v) is 0.920. The number of aromatic nitrogens is 2. The Kier molecular flexibility index (Phi) is 2.51. The van der Waals surface area contributed by atoms with Crippen LogP contribution in [0, 0.1) is 6.92 Å². The number of H-pyrrole nitrogens is 1. The summed E-state index contributed by atoms with van der Waals surface area (Å²) in [6, 6.07) is 0. The molecule has 1 rings (SSSR count). The molecule has 0 bridgehead atoms. The first-order chi connectivity index (χ1) is 6.31. The third-order valence-corrected chi connectivity index (χ3v) is 1.59. The molecule has 3 N–H and O–H groups in total. The molecule has 78 valence electrons. The van der Waals surface area contributed by atoms with E-state index in [1.807, 2.05) is 0 Å². The molecule has 0 aliphatic rings. The van der Waals surface area contributed by atoms with Gasteiger partial charge in [-0.05, 0) is 27.7 Å². The largest absolute Gasteiger partial charge is 0.455 e. The molecule has 1 aromatic heterocycles. The molecule has 0 fully saturated rings. The Bertz CT molecular complexity index is 349. The van der Waals surface area contributed by atoms with E-state index in [0.29, 0.717) is 11.4 Å². The van der Waals surface area contributed by atoms with Crippen LogP contribution in [0.1, 0.15) is 37.0 Å². The van der Waals surface area contributed by atoms with Crippen molar-refractivity contribution in [2.45, 2.75) is 33.3 Å². The number of carbonyl (C=O) groups excluding carboxylic acids is 1. The fraction of sp³-hybridized carbons (Fsp3) is 0.556. The number of nitrogens with zero attached hydrogens (tertiary/aromatic N) is 1. The Morgan fingerprint density at radius 2 is 2.07 bits per heavy atom. The van der Waals surface area contributed by atoms with Crippen LogP contribution in [0.3, 0.4) is 0 Å². The molecule has 0 aliphatic carbocycles. The normalized spacial score (nSPS) is 11.4. The molecular formula is C9H15N3O2. The minimum absolute atomic E-state index is 0.150. The highest BCUT2D eigenvalue weighted by molar-refractivity contribution is 5.93. The zero-order chi connectivity index (χ0) is 10.9. The van der Waals surface area contributed by atoms with Crippen LogP contribution in [0.2, 0.25) is 0 Å². The van der Waals surface area contributed by atoms with Crippen molar-refractivity contribution in [2.24, 2.45) is 0 Å². The molecule has 0 aromatic carbocycles. The van der Waals surface area contributed by atoms with Crippen molar-refractivity contribution in [2.75, 3.05) is 5.73 Å². The molecule has 0 saturated carbocycles. The van der Waals surface area contributed by atoms with Gasteiger partial charge in [0.2, 0.25) is 0 Å². The molecule has 5 nitrogen and oxygen atoms in total. The van der Waals surface area contributed by atoms with E-state index in [1.165, 1.54) is 0 Å². The molecule has 0 saturated heterocycles. The van der Waals surface area contributed by atoms with Gasteiger partial charge in [-0.15, -0.1) is 0 Å². The van der Waals surface area contributed by atoms with Crippen molar-refractivity contribution in [1.29, 1.82) is 0 Å². The first-order valence-corrected chi connectivity index (χ1v) is 4.35. The number of aromatic amines is 1. The van der Waals surface area contributed by atoms with Crippen LogP contribution in [0.25, 0.3) is 0 Å². The van der Waals surface area contributed by atoms with Crippen molar-refractivity contribution in [3.05, 3.63) is 11.4 Å². The second kappa shape index (κ2) is 3.32. The van der Waals surface area contributed by atoms with Crippen LogP contribution in [0.15, 0.2) is 0 Å². The van der Waals surface area contributed by atoms with Gasteiger partial charge in [-0.3, -0.25) is 5.10 Å². The predicted octanol–water partition coefficient (Wildman–Crippen LogP) is 1.26.